The van der Waals surface area contributed by atoms with Crippen molar-refractivity contribution in [2.75, 3.05) is 37.8 Å². The maximum atomic E-state index is 16.4. The number of β-amino-alcohol motifs (C(OH)–C–C–N with tert-alkyl or cyclic N) is 1. The molecule has 1 aromatic carbocycles. The highest BCUT2D eigenvalue weighted by Gasteiger charge is 2.35. The summed E-state index contributed by atoms with van der Waals surface area (Å²) in [7, 11) is 3.77. The van der Waals surface area contributed by atoms with Crippen molar-refractivity contribution in [2.45, 2.75) is 25.4 Å². The number of pyridine rings is 1. The van der Waals surface area contributed by atoms with E-state index in [2.05, 4.69) is 15.0 Å². The number of nitriles is 1. The predicted molar refractivity (Wildman–Crippen MR) is 131 cm³/mol. The molecule has 36 heavy (non-hydrogen) atoms. The number of aliphatic hydroxyl groups excluding tert-OH is 1. The lowest BCUT2D eigenvalue weighted by molar-refractivity contribution is 0.114. The van der Waals surface area contributed by atoms with Crippen LogP contribution in [0.1, 0.15) is 16.7 Å². The van der Waals surface area contributed by atoms with Crippen LogP contribution < -0.4 is 10.6 Å². The van der Waals surface area contributed by atoms with Gasteiger partial charge in [-0.05, 0) is 25.2 Å². The number of fused-ring (bicyclic) bond motifs is 4. The van der Waals surface area contributed by atoms with Gasteiger partial charge in [-0.2, -0.15) is 5.26 Å². The van der Waals surface area contributed by atoms with E-state index in [1.165, 1.54) is 0 Å². The molecule has 3 aromatic heterocycles. The van der Waals surface area contributed by atoms with Crippen LogP contribution in [0.5, 0.6) is 0 Å². The van der Waals surface area contributed by atoms with Crippen LogP contribution in [0, 0.1) is 23.0 Å². The summed E-state index contributed by atoms with van der Waals surface area (Å²) in [5, 5.41) is 21.0. The second kappa shape index (κ2) is 8.28. The molecule has 0 radical (unpaired) electrons. The summed E-state index contributed by atoms with van der Waals surface area (Å²) in [5.74, 6) is -0.992. The van der Waals surface area contributed by atoms with Gasteiger partial charge in [0.25, 0.3) is 0 Å². The predicted octanol–water partition coefficient (Wildman–Crippen LogP) is 2.78. The van der Waals surface area contributed by atoms with Crippen molar-refractivity contribution >= 4 is 43.3 Å². The first-order chi connectivity index (χ1) is 17.3. The van der Waals surface area contributed by atoms with Gasteiger partial charge < -0.3 is 25.4 Å². The minimum atomic E-state index is -0.657. The fraction of sp³-hybridized carbons (Fsp3) is 0.333. The van der Waals surface area contributed by atoms with Crippen molar-refractivity contribution in [1.29, 1.82) is 5.26 Å². The number of nitrogens with two attached hydrogens (primary N) is 1. The number of hydrogen-bond acceptors (Lipinski definition) is 10. The van der Waals surface area contributed by atoms with Gasteiger partial charge >= 0.3 is 0 Å². The van der Waals surface area contributed by atoms with Crippen molar-refractivity contribution in [2.24, 2.45) is 0 Å². The van der Waals surface area contributed by atoms with Gasteiger partial charge in [-0.3, -0.25) is 4.98 Å². The largest absolute Gasteiger partial charge is 0.390 e. The first-order valence-electron chi connectivity index (χ1n) is 11.2. The normalized spacial score (nSPS) is 19.5. The Morgan fingerprint density at radius 1 is 1.22 bits per heavy atom. The Kier molecular flexibility index (Phi) is 5.27. The molecule has 0 unspecified atom stereocenters. The van der Waals surface area contributed by atoms with Gasteiger partial charge in [0.05, 0.1) is 47.5 Å². The molecule has 184 valence electrons. The van der Waals surface area contributed by atoms with E-state index in [4.69, 9.17) is 10.5 Å². The third-order valence-electron chi connectivity index (χ3n) is 6.94. The smallest absolute Gasteiger partial charge is 0.226 e. The topological polar surface area (TPSA) is 124 Å². The number of aliphatic hydroxyl groups is 1. The molecule has 0 bridgehead atoms. The summed E-state index contributed by atoms with van der Waals surface area (Å²) >= 11 is 0.930. The van der Waals surface area contributed by atoms with Crippen LogP contribution in [-0.4, -0.2) is 64.3 Å². The fourth-order valence-electron chi connectivity index (χ4n) is 5.13. The Bertz CT molecular complexity index is 1600. The van der Waals surface area contributed by atoms with Crippen molar-refractivity contribution in [3.63, 3.8) is 0 Å². The molecule has 3 N–H and O–H groups in total. The van der Waals surface area contributed by atoms with Gasteiger partial charge in [0.15, 0.2) is 11.6 Å². The second-order valence-corrected chi connectivity index (χ2v) is 10.2. The molecule has 6 rings (SSSR count). The molecular formula is C24H21F2N7O2S. The Labute approximate surface area is 208 Å². The fourth-order valence-corrected chi connectivity index (χ4v) is 6.05. The molecule has 0 amide bonds. The summed E-state index contributed by atoms with van der Waals surface area (Å²) in [6, 6.07) is 1.90. The lowest BCUT2D eigenvalue weighted by Gasteiger charge is -2.21. The van der Waals surface area contributed by atoms with E-state index in [1.807, 2.05) is 30.0 Å². The molecule has 2 aliphatic rings. The number of anilines is 2. The van der Waals surface area contributed by atoms with Crippen LogP contribution in [-0.2, 0) is 18.0 Å². The van der Waals surface area contributed by atoms with E-state index in [0.29, 0.717) is 30.0 Å². The van der Waals surface area contributed by atoms with Gasteiger partial charge in [0.2, 0.25) is 5.95 Å². The van der Waals surface area contributed by atoms with Crippen molar-refractivity contribution in [1.82, 2.24) is 19.9 Å². The molecule has 1 fully saturated rings. The second-order valence-electron chi connectivity index (χ2n) is 9.19. The van der Waals surface area contributed by atoms with Crippen LogP contribution in [0.25, 0.3) is 32.2 Å². The molecule has 5 heterocycles. The van der Waals surface area contributed by atoms with Gasteiger partial charge in [-0.1, -0.05) is 0 Å². The Balaban J connectivity index is 1.59. The minimum Gasteiger partial charge on any atom is -0.390 e. The summed E-state index contributed by atoms with van der Waals surface area (Å²) in [6.07, 6.45) is 1.99. The zero-order chi connectivity index (χ0) is 25.3. The third kappa shape index (κ3) is 3.24. The number of nitrogens with zero attached hydrogens (tertiary/aromatic N) is 6. The number of likely N-dealkylation sites (N-methyl/N-ethyl adjacent to an activating group) is 1. The average Bonchev–Trinajstić information content (AvgIpc) is 3.57. The molecular weight excluding hydrogens is 488 g/mol. The number of benzene rings is 1. The van der Waals surface area contributed by atoms with Gasteiger partial charge in [-0.25, -0.2) is 18.7 Å². The van der Waals surface area contributed by atoms with Gasteiger partial charge in [0, 0.05) is 35.6 Å². The van der Waals surface area contributed by atoms with Crippen molar-refractivity contribution in [3.8, 4) is 17.3 Å². The molecule has 1 saturated heterocycles. The molecule has 2 aliphatic heterocycles. The van der Waals surface area contributed by atoms with E-state index >= 15 is 4.39 Å². The first-order valence-corrected chi connectivity index (χ1v) is 12.1. The summed E-state index contributed by atoms with van der Waals surface area (Å²) in [6.45, 7) is 1.16. The van der Waals surface area contributed by atoms with Gasteiger partial charge in [0.1, 0.15) is 16.6 Å². The highest BCUT2D eigenvalue weighted by Crippen LogP contribution is 2.45. The number of aromatic nitrogens is 3. The number of rotatable bonds is 3. The zero-order valence-electron chi connectivity index (χ0n) is 19.4. The number of hydrogen-bond donors (Lipinski definition) is 2. The van der Waals surface area contributed by atoms with E-state index < -0.39 is 17.7 Å². The monoisotopic (exact) mass is 509 g/mol. The molecule has 4 aromatic rings. The number of thiophene rings is 1. The first kappa shape index (κ1) is 22.9. The average molecular weight is 510 g/mol. The van der Waals surface area contributed by atoms with Crippen LogP contribution in [0.3, 0.4) is 0 Å². The molecule has 2 atom stereocenters. The number of halogens is 2. The van der Waals surface area contributed by atoms with Crippen LogP contribution >= 0.6 is 11.3 Å². The third-order valence-corrected chi connectivity index (χ3v) is 7.96. The molecule has 9 nitrogen and oxygen atoms in total. The van der Waals surface area contributed by atoms with Crippen LogP contribution in [0.4, 0.5) is 19.7 Å². The van der Waals surface area contributed by atoms with Crippen LogP contribution in [0.15, 0.2) is 12.4 Å². The van der Waals surface area contributed by atoms with E-state index in [-0.39, 0.29) is 56.7 Å². The summed E-state index contributed by atoms with van der Waals surface area (Å²) < 4.78 is 36.8. The minimum absolute atomic E-state index is 0.0633. The maximum Gasteiger partial charge on any atom is 0.226 e. The van der Waals surface area contributed by atoms with E-state index in [0.717, 1.165) is 23.1 Å². The lowest BCUT2D eigenvalue weighted by Crippen LogP contribution is -2.38. The molecule has 0 saturated carbocycles. The highest BCUT2D eigenvalue weighted by atomic mass is 32.1. The SMILES string of the molecule is CN(C)[C@H]1CN(c2ncc3c4c(c(-c5ncc(F)c6sc(N)c(C#N)c56)c(F)c3n2)COC4)C[C@H]1O. The Morgan fingerprint density at radius 2 is 2.00 bits per heavy atom. The standard InChI is InChI=1S/C24H21F2N7O2S/c1-32(2)15-6-33(7-16(15)34)24-30-4-11-12-8-35-9-13(12)17(19(26)20(11)31-24)21-18-10(3-27)23(28)36-22(18)14(25)5-29-21/h4-5,15-16,34H,6-9,28H2,1-2H3/t15-,16+/m0/s1. The van der Waals surface area contributed by atoms with Gasteiger partial charge in [-0.15, -0.1) is 11.3 Å². The number of nitrogen functional groups attached to an aromatic ring is 1. The molecule has 12 heteroatoms. The summed E-state index contributed by atoms with van der Waals surface area (Å²) in [5.41, 5.74) is 7.65. The quantitative estimate of drug-likeness (QED) is 0.429. The van der Waals surface area contributed by atoms with Crippen LogP contribution in [0.2, 0.25) is 0 Å². The lowest BCUT2D eigenvalue weighted by atomic mass is 9.94. The van der Waals surface area contributed by atoms with Crippen molar-refractivity contribution in [3.05, 3.63) is 40.7 Å². The molecule has 0 spiro atoms. The highest BCUT2D eigenvalue weighted by molar-refractivity contribution is 7.23. The maximum absolute atomic E-state index is 16.4. The van der Waals surface area contributed by atoms with Crippen molar-refractivity contribution < 1.29 is 18.6 Å². The summed E-state index contributed by atoms with van der Waals surface area (Å²) in [4.78, 5) is 17.0. The Morgan fingerprint density at radius 3 is 2.72 bits per heavy atom. The van der Waals surface area contributed by atoms with E-state index in [1.54, 1.807) is 6.20 Å². The number of ether oxygens (including phenoxy) is 1. The molecule has 0 aliphatic carbocycles. The van der Waals surface area contributed by atoms with E-state index in [9.17, 15) is 14.8 Å². The Hall–Kier alpha value is -3.50. The zero-order valence-corrected chi connectivity index (χ0v) is 20.2.